The van der Waals surface area contributed by atoms with Crippen LogP contribution in [0.3, 0.4) is 0 Å². The summed E-state index contributed by atoms with van der Waals surface area (Å²) in [6.45, 7) is 1.50. The third kappa shape index (κ3) is 3.08. The smallest absolute Gasteiger partial charge is 0.277 e. The molecule has 6 heteroatoms. The number of rotatable bonds is 3. The second-order valence-electron chi connectivity index (χ2n) is 4.09. The summed E-state index contributed by atoms with van der Waals surface area (Å²) in [5, 5.41) is 6.78. The Balaban J connectivity index is 2.15. The number of carbonyl (C=O) groups excluding carboxylic acids is 2. The lowest BCUT2D eigenvalue weighted by atomic mass is 10.1. The minimum Gasteiger partial charge on any atom is -0.321 e. The molecule has 0 aliphatic carbocycles. The summed E-state index contributed by atoms with van der Waals surface area (Å²) in [6, 6.07) is 6.72. The van der Waals surface area contributed by atoms with E-state index >= 15 is 0 Å². The van der Waals surface area contributed by atoms with Gasteiger partial charge in [0.25, 0.3) is 5.91 Å². The molecule has 0 aliphatic rings. The number of Topliss-reactive ketones (excluding diaryl/α,β-unsaturated/α-hetero) is 1. The Hall–Kier alpha value is -1.95. The normalized spacial score (nSPS) is 10.3. The Morgan fingerprint density at radius 3 is 2.37 bits per heavy atom. The van der Waals surface area contributed by atoms with Crippen molar-refractivity contribution in [2.45, 2.75) is 6.92 Å². The molecular weight excluding hydrogens is 310 g/mol. The van der Waals surface area contributed by atoms with Crippen LogP contribution in [0.1, 0.15) is 27.8 Å². The van der Waals surface area contributed by atoms with E-state index in [0.717, 1.165) is 0 Å². The van der Waals surface area contributed by atoms with Gasteiger partial charge in [0.15, 0.2) is 11.5 Å². The number of hydrogen-bond acceptors (Lipinski definition) is 3. The van der Waals surface area contributed by atoms with Crippen LogP contribution in [0.15, 0.2) is 34.9 Å². The van der Waals surface area contributed by atoms with Crippen molar-refractivity contribution < 1.29 is 9.59 Å². The number of aryl methyl sites for hydroxylation is 1. The summed E-state index contributed by atoms with van der Waals surface area (Å²) in [7, 11) is 1.74. The first kappa shape index (κ1) is 13.5. The molecule has 1 amide bonds. The fourth-order valence-electron chi connectivity index (χ4n) is 1.59. The largest absolute Gasteiger partial charge is 0.321 e. The molecule has 98 valence electrons. The predicted molar refractivity (Wildman–Crippen MR) is 75.3 cm³/mol. The molecule has 0 saturated carbocycles. The summed E-state index contributed by atoms with van der Waals surface area (Å²) in [6.07, 6.45) is 1.70. The first-order valence-corrected chi connectivity index (χ1v) is 6.38. The van der Waals surface area contributed by atoms with Crippen LogP contribution >= 0.6 is 15.9 Å². The maximum atomic E-state index is 12.0. The molecule has 0 aliphatic heterocycles. The average molecular weight is 322 g/mol. The van der Waals surface area contributed by atoms with Crippen LogP contribution in [0.4, 0.5) is 5.69 Å². The van der Waals surface area contributed by atoms with Gasteiger partial charge in [-0.3, -0.25) is 14.3 Å². The van der Waals surface area contributed by atoms with Crippen molar-refractivity contribution in [3.63, 3.8) is 0 Å². The zero-order valence-corrected chi connectivity index (χ0v) is 12.1. The van der Waals surface area contributed by atoms with E-state index < -0.39 is 0 Å². The van der Waals surface area contributed by atoms with E-state index in [0.29, 0.717) is 21.4 Å². The lowest BCUT2D eigenvalue weighted by molar-refractivity contribution is 0.101. The van der Waals surface area contributed by atoms with Crippen molar-refractivity contribution in [1.82, 2.24) is 9.78 Å². The maximum Gasteiger partial charge on any atom is 0.277 e. The van der Waals surface area contributed by atoms with Crippen LogP contribution in [0.25, 0.3) is 0 Å². The number of nitrogens with zero attached hydrogens (tertiary/aromatic N) is 2. The highest BCUT2D eigenvalue weighted by atomic mass is 79.9. The van der Waals surface area contributed by atoms with E-state index in [1.165, 1.54) is 6.92 Å². The lowest BCUT2D eigenvalue weighted by Gasteiger charge is -2.04. The molecule has 19 heavy (non-hydrogen) atoms. The monoisotopic (exact) mass is 321 g/mol. The van der Waals surface area contributed by atoms with Crippen LogP contribution in [0, 0.1) is 0 Å². The van der Waals surface area contributed by atoms with Gasteiger partial charge in [0.05, 0.1) is 4.47 Å². The summed E-state index contributed by atoms with van der Waals surface area (Å²) in [5.41, 5.74) is 1.54. The summed E-state index contributed by atoms with van der Waals surface area (Å²) < 4.78 is 2.19. The predicted octanol–water partition coefficient (Wildman–Crippen LogP) is 2.64. The minimum atomic E-state index is -0.303. The van der Waals surface area contributed by atoms with E-state index in [-0.39, 0.29) is 11.7 Å². The number of ketones is 1. The zero-order valence-electron chi connectivity index (χ0n) is 10.5. The molecule has 2 aromatic rings. The van der Waals surface area contributed by atoms with E-state index in [2.05, 4.69) is 26.3 Å². The number of carbonyl (C=O) groups is 2. The van der Waals surface area contributed by atoms with Crippen molar-refractivity contribution >= 4 is 33.3 Å². The number of hydrogen-bond donors (Lipinski definition) is 1. The van der Waals surface area contributed by atoms with Crippen LogP contribution in [0.5, 0.6) is 0 Å². The number of nitrogens with one attached hydrogen (secondary N) is 1. The van der Waals surface area contributed by atoms with Crippen LogP contribution in [-0.4, -0.2) is 21.5 Å². The summed E-state index contributed by atoms with van der Waals surface area (Å²) in [5.74, 6) is -0.312. The minimum absolute atomic E-state index is 0.00894. The van der Waals surface area contributed by atoms with E-state index in [1.807, 2.05) is 0 Å². The SMILES string of the molecule is CC(=O)c1ccc(NC(=O)c2nn(C)cc2Br)cc1. The van der Waals surface area contributed by atoms with Crippen molar-refractivity contribution in [3.8, 4) is 0 Å². The molecule has 0 fully saturated rings. The van der Waals surface area contributed by atoms with Gasteiger partial charge in [0, 0.05) is 24.5 Å². The molecule has 1 aromatic heterocycles. The van der Waals surface area contributed by atoms with Crippen molar-refractivity contribution in [1.29, 1.82) is 0 Å². The highest BCUT2D eigenvalue weighted by molar-refractivity contribution is 9.10. The van der Waals surface area contributed by atoms with E-state index in [4.69, 9.17) is 0 Å². The quantitative estimate of drug-likeness (QED) is 0.884. The Morgan fingerprint density at radius 2 is 1.89 bits per heavy atom. The standard InChI is InChI=1S/C13H12BrN3O2/c1-8(18)9-3-5-10(6-4-9)15-13(19)12-11(14)7-17(2)16-12/h3-7H,1-2H3,(H,15,19). The molecule has 1 heterocycles. The van der Waals surface area contributed by atoms with Crippen LogP contribution in [0.2, 0.25) is 0 Å². The number of amides is 1. The van der Waals surface area contributed by atoms with E-state index in [1.54, 1.807) is 42.2 Å². The maximum absolute atomic E-state index is 12.0. The van der Waals surface area contributed by atoms with Gasteiger partial charge in [-0.2, -0.15) is 5.10 Å². The third-order valence-corrected chi connectivity index (χ3v) is 3.13. The van der Waals surface area contributed by atoms with Crippen LogP contribution in [-0.2, 0) is 7.05 Å². The third-order valence-electron chi connectivity index (χ3n) is 2.55. The Labute approximate surface area is 118 Å². The zero-order chi connectivity index (χ0) is 14.0. The van der Waals surface area contributed by atoms with Crippen molar-refractivity contribution in [3.05, 3.63) is 46.2 Å². The Morgan fingerprint density at radius 1 is 1.26 bits per heavy atom. The van der Waals surface area contributed by atoms with Gasteiger partial charge in [-0.25, -0.2) is 0 Å². The molecule has 0 atom stereocenters. The molecule has 0 bridgehead atoms. The molecule has 1 N–H and O–H groups in total. The molecule has 0 spiro atoms. The fraction of sp³-hybridized carbons (Fsp3) is 0.154. The number of benzene rings is 1. The van der Waals surface area contributed by atoms with Gasteiger partial charge in [-0.05, 0) is 47.1 Å². The first-order valence-electron chi connectivity index (χ1n) is 5.59. The van der Waals surface area contributed by atoms with E-state index in [9.17, 15) is 9.59 Å². The number of aromatic nitrogens is 2. The molecule has 2 rings (SSSR count). The molecule has 0 radical (unpaired) electrons. The van der Waals surface area contributed by atoms with Gasteiger partial charge in [0.2, 0.25) is 0 Å². The van der Waals surface area contributed by atoms with Gasteiger partial charge in [-0.1, -0.05) is 0 Å². The van der Waals surface area contributed by atoms with Gasteiger partial charge in [-0.15, -0.1) is 0 Å². The lowest BCUT2D eigenvalue weighted by Crippen LogP contribution is -2.13. The Kier molecular flexibility index (Phi) is 3.80. The second kappa shape index (κ2) is 5.36. The Bertz CT molecular complexity index is 632. The number of halogens is 1. The topological polar surface area (TPSA) is 64.0 Å². The highest BCUT2D eigenvalue weighted by Gasteiger charge is 2.14. The van der Waals surface area contributed by atoms with Crippen molar-refractivity contribution in [2.24, 2.45) is 7.05 Å². The summed E-state index contributed by atoms with van der Waals surface area (Å²) in [4.78, 5) is 23.1. The molecule has 1 aromatic carbocycles. The van der Waals surface area contributed by atoms with Gasteiger partial charge < -0.3 is 5.32 Å². The highest BCUT2D eigenvalue weighted by Crippen LogP contribution is 2.17. The fourth-order valence-corrected chi connectivity index (χ4v) is 2.15. The number of anilines is 1. The summed E-state index contributed by atoms with van der Waals surface area (Å²) >= 11 is 3.27. The molecule has 0 saturated heterocycles. The van der Waals surface area contributed by atoms with Gasteiger partial charge in [0.1, 0.15) is 0 Å². The second-order valence-corrected chi connectivity index (χ2v) is 4.94. The van der Waals surface area contributed by atoms with Crippen LogP contribution < -0.4 is 5.32 Å². The van der Waals surface area contributed by atoms with Gasteiger partial charge >= 0.3 is 0 Å². The molecule has 5 nitrogen and oxygen atoms in total. The van der Waals surface area contributed by atoms with Crippen molar-refractivity contribution in [2.75, 3.05) is 5.32 Å². The molecule has 0 unspecified atom stereocenters. The molecular formula is C13H12BrN3O2. The first-order chi connectivity index (χ1) is 8.97. The average Bonchev–Trinajstić information content (AvgIpc) is 2.69.